The van der Waals surface area contributed by atoms with Crippen LogP contribution in [0.5, 0.6) is 0 Å². The minimum atomic E-state index is 0.867. The molecule has 0 unspecified atom stereocenters. The van der Waals surface area contributed by atoms with E-state index in [2.05, 4.69) is 30.8 Å². The van der Waals surface area contributed by atoms with Crippen LogP contribution in [0.3, 0.4) is 0 Å². The Morgan fingerprint density at radius 1 is 1.06 bits per heavy atom. The average molecular weight is 208 g/mol. The summed E-state index contributed by atoms with van der Waals surface area (Å²) in [5.41, 5.74) is 1.81. The van der Waals surface area contributed by atoms with Crippen LogP contribution in [0.1, 0.15) is 6.92 Å². The highest BCUT2D eigenvalue weighted by molar-refractivity contribution is 6.04. The van der Waals surface area contributed by atoms with Crippen LogP contribution in [-0.2, 0) is 0 Å². The Bertz CT molecular complexity index is 778. The summed E-state index contributed by atoms with van der Waals surface area (Å²) < 4.78 is 5.84. The van der Waals surface area contributed by atoms with Crippen molar-refractivity contribution in [2.45, 2.75) is 6.92 Å². The molecule has 0 atom stereocenters. The van der Waals surface area contributed by atoms with Gasteiger partial charge in [-0.1, -0.05) is 36.9 Å². The SMILES string of the molecule is C=c1/c(=C\C)oc2c1ccc1ccccc12. The fourth-order valence-corrected chi connectivity index (χ4v) is 2.13. The summed E-state index contributed by atoms with van der Waals surface area (Å²) in [6.45, 7) is 6.03. The van der Waals surface area contributed by atoms with Crippen LogP contribution in [-0.4, -0.2) is 0 Å². The van der Waals surface area contributed by atoms with Gasteiger partial charge in [-0.05, 0) is 24.5 Å². The van der Waals surface area contributed by atoms with Crippen molar-refractivity contribution in [1.29, 1.82) is 0 Å². The van der Waals surface area contributed by atoms with Crippen LogP contribution in [0.25, 0.3) is 34.4 Å². The second kappa shape index (κ2) is 3.24. The molecule has 16 heavy (non-hydrogen) atoms. The van der Waals surface area contributed by atoms with E-state index in [0.29, 0.717) is 0 Å². The maximum absolute atomic E-state index is 5.84. The van der Waals surface area contributed by atoms with E-state index in [0.717, 1.165) is 27.0 Å². The van der Waals surface area contributed by atoms with Gasteiger partial charge in [-0.25, -0.2) is 0 Å². The second-order valence-electron chi connectivity index (χ2n) is 3.90. The monoisotopic (exact) mass is 208 g/mol. The molecule has 0 spiro atoms. The summed E-state index contributed by atoms with van der Waals surface area (Å²) in [6.07, 6.45) is 1.96. The molecule has 1 aromatic heterocycles. The van der Waals surface area contributed by atoms with Crippen LogP contribution < -0.4 is 10.6 Å². The van der Waals surface area contributed by atoms with Gasteiger partial charge in [0.15, 0.2) is 0 Å². The number of furan rings is 1. The van der Waals surface area contributed by atoms with Gasteiger partial charge < -0.3 is 4.42 Å². The van der Waals surface area contributed by atoms with Crippen LogP contribution in [0.4, 0.5) is 0 Å². The predicted octanol–water partition coefficient (Wildman–Crippen LogP) is 2.80. The summed E-state index contributed by atoms with van der Waals surface area (Å²) >= 11 is 0. The van der Waals surface area contributed by atoms with Gasteiger partial charge in [0.1, 0.15) is 11.0 Å². The Morgan fingerprint density at radius 2 is 1.88 bits per heavy atom. The molecule has 3 aromatic rings. The summed E-state index contributed by atoms with van der Waals surface area (Å²) in [7, 11) is 0. The van der Waals surface area contributed by atoms with Gasteiger partial charge >= 0.3 is 0 Å². The van der Waals surface area contributed by atoms with E-state index in [1.165, 1.54) is 5.39 Å². The van der Waals surface area contributed by atoms with Gasteiger partial charge in [-0.2, -0.15) is 0 Å². The first-order valence-electron chi connectivity index (χ1n) is 5.37. The zero-order chi connectivity index (χ0) is 11.1. The minimum Gasteiger partial charge on any atom is -0.456 e. The van der Waals surface area contributed by atoms with Crippen molar-refractivity contribution >= 4 is 34.4 Å². The molecule has 0 radical (unpaired) electrons. The van der Waals surface area contributed by atoms with Gasteiger partial charge in [0, 0.05) is 16.0 Å². The van der Waals surface area contributed by atoms with E-state index >= 15 is 0 Å². The first kappa shape index (κ1) is 9.22. The van der Waals surface area contributed by atoms with Gasteiger partial charge in [-0.15, -0.1) is 0 Å². The van der Waals surface area contributed by atoms with Crippen molar-refractivity contribution in [3.8, 4) is 0 Å². The van der Waals surface area contributed by atoms with Gasteiger partial charge in [0.25, 0.3) is 0 Å². The maximum Gasteiger partial charge on any atom is 0.143 e. The molecule has 0 saturated carbocycles. The predicted molar refractivity (Wildman–Crippen MR) is 68.6 cm³/mol. The fourth-order valence-electron chi connectivity index (χ4n) is 2.13. The van der Waals surface area contributed by atoms with Crippen molar-refractivity contribution in [3.63, 3.8) is 0 Å². The summed E-state index contributed by atoms with van der Waals surface area (Å²) in [6, 6.07) is 12.4. The number of rotatable bonds is 0. The lowest BCUT2D eigenvalue weighted by atomic mass is 10.1. The molecule has 1 heterocycles. The van der Waals surface area contributed by atoms with Crippen LogP contribution in [0.15, 0.2) is 40.8 Å². The molecule has 0 amide bonds. The summed E-state index contributed by atoms with van der Waals surface area (Å²) in [5.74, 6) is 0. The average Bonchev–Trinajstić information content (AvgIpc) is 2.67. The van der Waals surface area contributed by atoms with Gasteiger partial charge in [0.2, 0.25) is 0 Å². The molecule has 0 bridgehead atoms. The molecule has 0 aliphatic heterocycles. The number of benzene rings is 2. The van der Waals surface area contributed by atoms with E-state index in [1.807, 2.05) is 25.1 Å². The Kier molecular flexibility index (Phi) is 1.87. The molecule has 0 N–H and O–H groups in total. The number of fused-ring (bicyclic) bond motifs is 3. The number of hydrogen-bond donors (Lipinski definition) is 0. The third-order valence-corrected chi connectivity index (χ3v) is 2.98. The Labute approximate surface area is 93.3 Å². The van der Waals surface area contributed by atoms with E-state index < -0.39 is 0 Å². The highest BCUT2D eigenvalue weighted by Crippen LogP contribution is 2.22. The molecule has 3 rings (SSSR count). The largest absolute Gasteiger partial charge is 0.456 e. The van der Waals surface area contributed by atoms with Crippen molar-refractivity contribution in [2.24, 2.45) is 0 Å². The quantitative estimate of drug-likeness (QED) is 0.553. The highest BCUT2D eigenvalue weighted by Gasteiger charge is 2.05. The van der Waals surface area contributed by atoms with E-state index in [9.17, 15) is 0 Å². The van der Waals surface area contributed by atoms with E-state index in [1.54, 1.807) is 0 Å². The van der Waals surface area contributed by atoms with Crippen LogP contribution in [0, 0.1) is 0 Å². The van der Waals surface area contributed by atoms with Crippen LogP contribution in [0.2, 0.25) is 0 Å². The zero-order valence-corrected chi connectivity index (χ0v) is 9.16. The van der Waals surface area contributed by atoms with Crippen LogP contribution >= 0.6 is 0 Å². The Morgan fingerprint density at radius 3 is 2.69 bits per heavy atom. The smallest absolute Gasteiger partial charge is 0.143 e. The lowest BCUT2D eigenvalue weighted by Gasteiger charge is -1.96. The molecule has 0 fully saturated rings. The van der Waals surface area contributed by atoms with E-state index in [4.69, 9.17) is 4.42 Å². The molecule has 0 aliphatic carbocycles. The highest BCUT2D eigenvalue weighted by atomic mass is 16.3. The molecule has 0 saturated heterocycles. The normalized spacial score (nSPS) is 12.7. The fraction of sp³-hybridized carbons (Fsp3) is 0.0667. The van der Waals surface area contributed by atoms with Gasteiger partial charge in [0.05, 0.1) is 0 Å². The molecule has 2 aromatic carbocycles. The Balaban J connectivity index is 2.67. The first-order valence-corrected chi connectivity index (χ1v) is 5.37. The lowest BCUT2D eigenvalue weighted by Crippen LogP contribution is -2.16. The van der Waals surface area contributed by atoms with Crippen molar-refractivity contribution in [2.75, 3.05) is 0 Å². The van der Waals surface area contributed by atoms with Crippen molar-refractivity contribution in [1.82, 2.24) is 0 Å². The molecule has 78 valence electrons. The maximum atomic E-state index is 5.84. The molecule has 1 heteroatoms. The summed E-state index contributed by atoms with van der Waals surface area (Å²) in [5, 5.41) is 4.43. The third-order valence-electron chi connectivity index (χ3n) is 2.98. The second-order valence-corrected chi connectivity index (χ2v) is 3.90. The molecule has 1 nitrogen and oxygen atoms in total. The number of hydrogen-bond acceptors (Lipinski definition) is 1. The first-order chi connectivity index (χ1) is 7.81. The molecular formula is C15H12O. The van der Waals surface area contributed by atoms with E-state index in [-0.39, 0.29) is 0 Å². The zero-order valence-electron chi connectivity index (χ0n) is 9.16. The van der Waals surface area contributed by atoms with Crippen molar-refractivity contribution in [3.05, 3.63) is 47.0 Å². The third kappa shape index (κ3) is 1.12. The molecule has 0 aliphatic rings. The van der Waals surface area contributed by atoms with Crippen molar-refractivity contribution < 1.29 is 4.42 Å². The standard InChI is InChI=1S/C15H12O/c1-3-14-10(2)12-9-8-11-6-4-5-7-13(11)15(12)16-14/h3-9H,2H2,1H3/b14-3+. The minimum absolute atomic E-state index is 0.867. The lowest BCUT2D eigenvalue weighted by molar-refractivity contribution is 0.578. The topological polar surface area (TPSA) is 13.1 Å². The van der Waals surface area contributed by atoms with Gasteiger partial charge in [-0.3, -0.25) is 0 Å². The molecular weight excluding hydrogens is 196 g/mol. The summed E-state index contributed by atoms with van der Waals surface area (Å²) in [4.78, 5) is 0. The Hall–Kier alpha value is -2.02.